The highest BCUT2D eigenvalue weighted by atomic mass is 16.1. The molecule has 0 saturated carbocycles. The first-order valence-corrected chi connectivity index (χ1v) is 11.0. The van der Waals surface area contributed by atoms with Crippen molar-refractivity contribution < 1.29 is 4.79 Å². The SMILES string of the molecule is C=N/C=C(\C=C(/C)Nc1ccncc1)NC(=O)c1cccc(Nc2ccnc3ccc(C#N)cc23)c1. The van der Waals surface area contributed by atoms with Crippen LogP contribution in [0.3, 0.4) is 0 Å². The molecule has 0 fully saturated rings. The topological polar surface area (TPSA) is 115 Å². The second-order valence-electron chi connectivity index (χ2n) is 7.82. The Kier molecular flexibility index (Phi) is 7.44. The Morgan fingerprint density at radius 1 is 1.06 bits per heavy atom. The van der Waals surface area contributed by atoms with E-state index in [4.69, 9.17) is 0 Å². The number of aliphatic imine (C=N–C) groups is 1. The van der Waals surface area contributed by atoms with Gasteiger partial charge in [0.25, 0.3) is 5.91 Å². The molecule has 36 heavy (non-hydrogen) atoms. The Hall–Kier alpha value is -5.29. The predicted octanol–water partition coefficient (Wildman–Crippen LogP) is 5.53. The number of rotatable bonds is 8. The van der Waals surface area contributed by atoms with E-state index < -0.39 is 0 Å². The number of amides is 1. The molecule has 2 heterocycles. The summed E-state index contributed by atoms with van der Waals surface area (Å²) in [5.74, 6) is -0.298. The summed E-state index contributed by atoms with van der Waals surface area (Å²) in [6.45, 7) is 5.38. The van der Waals surface area contributed by atoms with Crippen molar-refractivity contribution in [2.75, 3.05) is 10.6 Å². The maximum absolute atomic E-state index is 13.0. The Morgan fingerprint density at radius 2 is 1.89 bits per heavy atom. The summed E-state index contributed by atoms with van der Waals surface area (Å²) in [6.07, 6.45) is 8.33. The molecule has 4 aromatic rings. The third-order valence-corrected chi connectivity index (χ3v) is 5.16. The minimum Gasteiger partial charge on any atom is -0.359 e. The molecule has 0 unspecified atom stereocenters. The van der Waals surface area contributed by atoms with Gasteiger partial charge in [0.1, 0.15) is 0 Å². The molecule has 2 aromatic heterocycles. The number of nitriles is 1. The van der Waals surface area contributed by atoms with Crippen LogP contribution in [0.15, 0.2) is 108 Å². The van der Waals surface area contributed by atoms with Crippen molar-refractivity contribution in [3.63, 3.8) is 0 Å². The maximum atomic E-state index is 13.0. The van der Waals surface area contributed by atoms with Crippen LogP contribution in [0.25, 0.3) is 10.9 Å². The van der Waals surface area contributed by atoms with Gasteiger partial charge in [-0.2, -0.15) is 5.26 Å². The average molecular weight is 474 g/mol. The maximum Gasteiger partial charge on any atom is 0.255 e. The van der Waals surface area contributed by atoms with E-state index in [2.05, 4.69) is 43.7 Å². The van der Waals surface area contributed by atoms with E-state index >= 15 is 0 Å². The van der Waals surface area contributed by atoms with E-state index in [1.807, 2.05) is 37.3 Å². The van der Waals surface area contributed by atoms with Crippen LogP contribution in [0.4, 0.5) is 17.1 Å². The third-order valence-electron chi connectivity index (χ3n) is 5.16. The number of anilines is 3. The molecular formula is C28H23N7O. The zero-order valence-electron chi connectivity index (χ0n) is 19.6. The number of carbonyl (C=O) groups excluding carboxylic acids is 1. The number of benzene rings is 2. The van der Waals surface area contributed by atoms with Crippen LogP contribution in [-0.4, -0.2) is 22.6 Å². The lowest BCUT2D eigenvalue weighted by Gasteiger charge is -2.12. The second kappa shape index (κ2) is 11.2. The van der Waals surface area contributed by atoms with Gasteiger partial charge in [0.2, 0.25) is 0 Å². The lowest BCUT2D eigenvalue weighted by molar-refractivity contribution is 0.0967. The molecule has 0 saturated heterocycles. The van der Waals surface area contributed by atoms with Crippen molar-refractivity contribution in [3.8, 4) is 6.07 Å². The first-order chi connectivity index (χ1) is 17.6. The van der Waals surface area contributed by atoms with Gasteiger partial charge in [0, 0.05) is 58.5 Å². The Bertz CT molecular complexity index is 1520. The molecule has 8 nitrogen and oxygen atoms in total. The van der Waals surface area contributed by atoms with Crippen LogP contribution < -0.4 is 16.0 Å². The molecule has 0 radical (unpaired) electrons. The average Bonchev–Trinajstić information content (AvgIpc) is 2.89. The molecule has 176 valence electrons. The van der Waals surface area contributed by atoms with E-state index in [0.717, 1.165) is 33.7 Å². The van der Waals surface area contributed by atoms with Gasteiger partial charge in [-0.15, -0.1) is 0 Å². The van der Waals surface area contributed by atoms with E-state index in [1.54, 1.807) is 55.0 Å². The lowest BCUT2D eigenvalue weighted by atomic mass is 10.1. The predicted molar refractivity (Wildman–Crippen MR) is 143 cm³/mol. The van der Waals surface area contributed by atoms with Crippen molar-refractivity contribution in [1.29, 1.82) is 5.26 Å². The first-order valence-electron chi connectivity index (χ1n) is 11.0. The number of hydrogen-bond donors (Lipinski definition) is 3. The molecular weight excluding hydrogens is 450 g/mol. The van der Waals surface area contributed by atoms with Gasteiger partial charge < -0.3 is 16.0 Å². The molecule has 4 rings (SSSR count). The number of nitrogens with one attached hydrogen (secondary N) is 3. The highest BCUT2D eigenvalue weighted by molar-refractivity contribution is 5.97. The summed E-state index contributed by atoms with van der Waals surface area (Å²) in [4.78, 5) is 25.2. The van der Waals surface area contributed by atoms with Crippen molar-refractivity contribution in [1.82, 2.24) is 15.3 Å². The van der Waals surface area contributed by atoms with Gasteiger partial charge in [-0.05, 0) is 74.3 Å². The number of allylic oxidation sites excluding steroid dienone is 2. The number of hydrogen-bond acceptors (Lipinski definition) is 7. The Labute approximate surface area is 208 Å². The molecule has 0 aliphatic carbocycles. The summed E-state index contributed by atoms with van der Waals surface area (Å²) in [5, 5.41) is 19.5. The highest BCUT2D eigenvalue weighted by Crippen LogP contribution is 2.26. The van der Waals surface area contributed by atoms with Gasteiger partial charge in [-0.3, -0.25) is 19.8 Å². The number of pyridine rings is 2. The molecule has 2 aromatic carbocycles. The largest absolute Gasteiger partial charge is 0.359 e. The zero-order valence-corrected chi connectivity index (χ0v) is 19.6. The molecule has 8 heteroatoms. The van der Waals surface area contributed by atoms with Crippen LogP contribution in [0.5, 0.6) is 0 Å². The number of aromatic nitrogens is 2. The van der Waals surface area contributed by atoms with E-state index in [0.29, 0.717) is 16.8 Å². The summed E-state index contributed by atoms with van der Waals surface area (Å²) < 4.78 is 0. The van der Waals surface area contributed by atoms with Gasteiger partial charge in [-0.25, -0.2) is 0 Å². The van der Waals surface area contributed by atoms with Crippen LogP contribution in [0.1, 0.15) is 22.8 Å². The van der Waals surface area contributed by atoms with Crippen LogP contribution in [-0.2, 0) is 0 Å². The van der Waals surface area contributed by atoms with Crippen LogP contribution in [0, 0.1) is 11.3 Å². The molecule has 0 spiro atoms. The molecule has 3 N–H and O–H groups in total. The first kappa shape index (κ1) is 23.9. The molecule has 0 aliphatic heterocycles. The number of nitrogens with zero attached hydrogens (tertiary/aromatic N) is 4. The van der Waals surface area contributed by atoms with Gasteiger partial charge >= 0.3 is 0 Å². The van der Waals surface area contributed by atoms with E-state index in [9.17, 15) is 10.1 Å². The summed E-state index contributed by atoms with van der Waals surface area (Å²) in [5.41, 5.74) is 5.43. The lowest BCUT2D eigenvalue weighted by Crippen LogP contribution is -2.22. The number of fused-ring (bicyclic) bond motifs is 1. The molecule has 0 bridgehead atoms. The van der Waals surface area contributed by atoms with Crippen LogP contribution in [0.2, 0.25) is 0 Å². The summed E-state index contributed by atoms with van der Waals surface area (Å²) in [6, 6.07) is 20.1. The van der Waals surface area contributed by atoms with Crippen molar-refractivity contribution in [2.24, 2.45) is 4.99 Å². The fraction of sp³-hybridized carbons (Fsp3) is 0.0357. The number of carbonyl (C=O) groups is 1. The minimum absolute atomic E-state index is 0.298. The minimum atomic E-state index is -0.298. The Balaban J connectivity index is 1.52. The van der Waals surface area contributed by atoms with Gasteiger partial charge in [0.05, 0.1) is 22.8 Å². The molecule has 0 aliphatic rings. The van der Waals surface area contributed by atoms with Gasteiger partial charge in [0.15, 0.2) is 0 Å². The van der Waals surface area contributed by atoms with Crippen molar-refractivity contribution >= 4 is 40.6 Å². The highest BCUT2D eigenvalue weighted by Gasteiger charge is 2.10. The molecule has 1 amide bonds. The fourth-order valence-electron chi connectivity index (χ4n) is 3.56. The fourth-order valence-corrected chi connectivity index (χ4v) is 3.56. The van der Waals surface area contributed by atoms with E-state index in [1.165, 1.54) is 6.20 Å². The molecule has 0 atom stereocenters. The van der Waals surface area contributed by atoms with E-state index in [-0.39, 0.29) is 5.91 Å². The second-order valence-corrected chi connectivity index (χ2v) is 7.82. The van der Waals surface area contributed by atoms with Crippen molar-refractivity contribution in [2.45, 2.75) is 6.92 Å². The summed E-state index contributed by atoms with van der Waals surface area (Å²) >= 11 is 0. The van der Waals surface area contributed by atoms with Gasteiger partial charge in [-0.1, -0.05) is 6.07 Å². The standard InChI is InChI=1S/C28H23N7O/c1-19(33-22-8-11-31-12-9-22)14-24(18-30-2)35-28(36)21-4-3-5-23(16-21)34-27-10-13-32-26-7-6-20(17-29)15-25(26)27/h3-16,18H,2H2,1H3,(H,31,33)(H,32,34)(H,35,36)/b19-14+,24-18+. The smallest absolute Gasteiger partial charge is 0.255 e. The zero-order chi connectivity index (χ0) is 25.3. The van der Waals surface area contributed by atoms with Crippen molar-refractivity contribution in [3.05, 3.63) is 114 Å². The summed E-state index contributed by atoms with van der Waals surface area (Å²) in [7, 11) is 0. The normalized spacial score (nSPS) is 11.4. The monoisotopic (exact) mass is 473 g/mol. The Morgan fingerprint density at radius 3 is 2.67 bits per heavy atom. The quantitative estimate of drug-likeness (QED) is 0.229. The van der Waals surface area contributed by atoms with Crippen LogP contribution >= 0.6 is 0 Å². The third kappa shape index (κ3) is 5.98.